The fourth-order valence-electron chi connectivity index (χ4n) is 1.27. The average molecular weight is 178 g/mol. The van der Waals surface area contributed by atoms with Crippen molar-refractivity contribution in [1.29, 1.82) is 0 Å². The Bertz CT molecular complexity index is 423. The van der Waals surface area contributed by atoms with E-state index < -0.39 is 0 Å². The Hall–Kier alpha value is -1.21. The lowest BCUT2D eigenvalue weighted by Gasteiger charge is -2.00. The van der Waals surface area contributed by atoms with Crippen molar-refractivity contribution in [2.75, 3.05) is 5.73 Å². The van der Waals surface area contributed by atoms with Crippen LogP contribution >= 0.6 is 11.6 Å². The quantitative estimate of drug-likeness (QED) is 0.615. The van der Waals surface area contributed by atoms with Gasteiger partial charge in [-0.25, -0.2) is 0 Å². The lowest BCUT2D eigenvalue weighted by atomic mass is 10.1. The van der Waals surface area contributed by atoms with E-state index in [-0.39, 0.29) is 0 Å². The van der Waals surface area contributed by atoms with Gasteiger partial charge >= 0.3 is 0 Å². The summed E-state index contributed by atoms with van der Waals surface area (Å²) < 4.78 is 0. The summed E-state index contributed by atoms with van der Waals surface area (Å²) in [5, 5.41) is 2.87. The van der Waals surface area contributed by atoms with Gasteiger partial charge in [-0.15, -0.1) is 0 Å². The van der Waals surface area contributed by atoms with Crippen LogP contribution in [0, 0.1) is 0 Å². The molecular weight excluding hydrogens is 170 g/mol. The number of anilines is 1. The molecule has 1 nitrogen and oxygen atoms in total. The summed E-state index contributed by atoms with van der Waals surface area (Å²) >= 11 is 5.84. The van der Waals surface area contributed by atoms with E-state index >= 15 is 0 Å². The van der Waals surface area contributed by atoms with Gasteiger partial charge in [0.05, 0.1) is 0 Å². The van der Waals surface area contributed by atoms with Crippen molar-refractivity contribution < 1.29 is 0 Å². The van der Waals surface area contributed by atoms with Gasteiger partial charge in [0.15, 0.2) is 0 Å². The Kier molecular flexibility index (Phi) is 1.66. The molecule has 0 spiro atoms. The number of hydrogen-bond donors (Lipinski definition) is 1. The van der Waals surface area contributed by atoms with Crippen LogP contribution in [0.2, 0.25) is 5.02 Å². The molecule has 0 bridgehead atoms. The van der Waals surface area contributed by atoms with Crippen LogP contribution in [0.25, 0.3) is 10.8 Å². The fourth-order valence-corrected chi connectivity index (χ4v) is 1.44. The summed E-state index contributed by atoms with van der Waals surface area (Å²) in [4.78, 5) is 0. The molecule has 2 N–H and O–H groups in total. The first-order chi connectivity index (χ1) is 5.77. The van der Waals surface area contributed by atoms with E-state index in [2.05, 4.69) is 0 Å². The summed E-state index contributed by atoms with van der Waals surface area (Å²) in [5.41, 5.74) is 6.54. The molecule has 2 rings (SSSR count). The molecule has 0 amide bonds. The summed E-state index contributed by atoms with van der Waals surface area (Å²) in [6.07, 6.45) is 0. The second-order valence-corrected chi connectivity index (χ2v) is 3.15. The minimum absolute atomic E-state index is 0.723. The summed E-state index contributed by atoms with van der Waals surface area (Å²) in [6.45, 7) is 0. The minimum atomic E-state index is 0.723. The van der Waals surface area contributed by atoms with E-state index in [4.69, 9.17) is 17.3 Å². The number of benzene rings is 2. The molecule has 2 aromatic carbocycles. The summed E-state index contributed by atoms with van der Waals surface area (Å²) in [5.74, 6) is 0. The van der Waals surface area contributed by atoms with Crippen molar-refractivity contribution in [2.45, 2.75) is 0 Å². The third-order valence-electron chi connectivity index (χ3n) is 1.88. The summed E-state index contributed by atoms with van der Waals surface area (Å²) in [7, 11) is 0. The van der Waals surface area contributed by atoms with Crippen molar-refractivity contribution in [3.63, 3.8) is 0 Å². The van der Waals surface area contributed by atoms with Crippen LogP contribution in [0.15, 0.2) is 36.4 Å². The Morgan fingerprint density at radius 2 is 1.92 bits per heavy atom. The maximum absolute atomic E-state index is 5.84. The zero-order chi connectivity index (χ0) is 8.55. The molecular formula is C10H8ClN. The SMILES string of the molecule is Nc1cccc2ccc(Cl)cc12. The molecule has 0 aromatic heterocycles. The Balaban J connectivity index is 2.88. The second kappa shape index (κ2) is 2.68. The van der Waals surface area contributed by atoms with Crippen LogP contribution in [0.3, 0.4) is 0 Å². The first-order valence-corrected chi connectivity index (χ1v) is 4.09. The molecule has 60 valence electrons. The van der Waals surface area contributed by atoms with Crippen molar-refractivity contribution in [3.8, 4) is 0 Å². The predicted molar refractivity (Wildman–Crippen MR) is 53.4 cm³/mol. The van der Waals surface area contributed by atoms with Crippen LogP contribution in [0.1, 0.15) is 0 Å². The fraction of sp³-hybridized carbons (Fsp3) is 0. The van der Waals surface area contributed by atoms with E-state index in [1.54, 1.807) is 0 Å². The predicted octanol–water partition coefficient (Wildman–Crippen LogP) is 3.08. The standard InChI is InChI=1S/C10H8ClN/c11-8-5-4-7-2-1-3-10(12)9(7)6-8/h1-6H,12H2. The van der Waals surface area contributed by atoms with Crippen molar-refractivity contribution in [2.24, 2.45) is 0 Å². The van der Waals surface area contributed by atoms with E-state index in [0.717, 1.165) is 21.5 Å². The van der Waals surface area contributed by atoms with E-state index in [9.17, 15) is 0 Å². The van der Waals surface area contributed by atoms with Gasteiger partial charge < -0.3 is 5.73 Å². The maximum Gasteiger partial charge on any atom is 0.0413 e. The third kappa shape index (κ3) is 1.12. The molecule has 0 saturated carbocycles. The molecule has 0 saturated heterocycles. The molecule has 0 aliphatic heterocycles. The molecule has 0 aliphatic carbocycles. The molecule has 2 heteroatoms. The number of nitrogen functional groups attached to an aromatic ring is 1. The van der Waals surface area contributed by atoms with E-state index in [1.165, 1.54) is 0 Å². The molecule has 0 radical (unpaired) electrons. The first kappa shape index (κ1) is 7.44. The zero-order valence-corrected chi connectivity index (χ0v) is 7.18. The number of hydrogen-bond acceptors (Lipinski definition) is 1. The topological polar surface area (TPSA) is 26.0 Å². The van der Waals surface area contributed by atoms with E-state index in [0.29, 0.717) is 0 Å². The first-order valence-electron chi connectivity index (χ1n) is 3.71. The summed E-state index contributed by atoms with van der Waals surface area (Å²) in [6, 6.07) is 11.5. The third-order valence-corrected chi connectivity index (χ3v) is 2.11. The van der Waals surface area contributed by atoms with Crippen molar-refractivity contribution >= 4 is 28.1 Å². The highest BCUT2D eigenvalue weighted by Crippen LogP contribution is 2.23. The van der Waals surface area contributed by atoms with Gasteiger partial charge in [-0.05, 0) is 23.6 Å². The molecule has 0 atom stereocenters. The second-order valence-electron chi connectivity index (χ2n) is 2.71. The lowest BCUT2D eigenvalue weighted by Crippen LogP contribution is -1.85. The normalized spacial score (nSPS) is 10.4. The number of halogens is 1. The van der Waals surface area contributed by atoms with Crippen LogP contribution in [0.5, 0.6) is 0 Å². The highest BCUT2D eigenvalue weighted by atomic mass is 35.5. The van der Waals surface area contributed by atoms with Crippen molar-refractivity contribution in [1.82, 2.24) is 0 Å². The Morgan fingerprint density at radius 1 is 1.08 bits per heavy atom. The molecule has 12 heavy (non-hydrogen) atoms. The largest absolute Gasteiger partial charge is 0.398 e. The smallest absolute Gasteiger partial charge is 0.0413 e. The van der Waals surface area contributed by atoms with E-state index in [1.807, 2.05) is 36.4 Å². The van der Waals surface area contributed by atoms with Crippen molar-refractivity contribution in [3.05, 3.63) is 41.4 Å². The molecule has 0 fully saturated rings. The Morgan fingerprint density at radius 3 is 2.75 bits per heavy atom. The number of rotatable bonds is 0. The average Bonchev–Trinajstić information content (AvgIpc) is 2.07. The number of fused-ring (bicyclic) bond motifs is 1. The molecule has 2 aromatic rings. The van der Waals surface area contributed by atoms with Crippen LogP contribution in [0.4, 0.5) is 5.69 Å². The molecule has 0 aliphatic rings. The zero-order valence-electron chi connectivity index (χ0n) is 6.42. The van der Waals surface area contributed by atoms with Crippen LogP contribution in [-0.2, 0) is 0 Å². The highest BCUT2D eigenvalue weighted by molar-refractivity contribution is 6.31. The Labute approximate surface area is 75.8 Å². The molecule has 0 heterocycles. The van der Waals surface area contributed by atoms with Gasteiger partial charge in [0.25, 0.3) is 0 Å². The lowest BCUT2D eigenvalue weighted by molar-refractivity contribution is 1.73. The molecule has 0 unspecified atom stereocenters. The van der Waals surface area contributed by atoms with Crippen LogP contribution in [-0.4, -0.2) is 0 Å². The van der Waals surface area contributed by atoms with Gasteiger partial charge in [0, 0.05) is 16.1 Å². The van der Waals surface area contributed by atoms with Gasteiger partial charge in [0.1, 0.15) is 0 Å². The van der Waals surface area contributed by atoms with Gasteiger partial charge in [0.2, 0.25) is 0 Å². The minimum Gasteiger partial charge on any atom is -0.398 e. The maximum atomic E-state index is 5.84. The van der Waals surface area contributed by atoms with Gasteiger partial charge in [-0.3, -0.25) is 0 Å². The van der Waals surface area contributed by atoms with Gasteiger partial charge in [-0.1, -0.05) is 29.8 Å². The highest BCUT2D eigenvalue weighted by Gasteiger charge is 1.96. The van der Waals surface area contributed by atoms with Gasteiger partial charge in [-0.2, -0.15) is 0 Å². The number of nitrogens with two attached hydrogens (primary N) is 1. The monoisotopic (exact) mass is 177 g/mol. The van der Waals surface area contributed by atoms with Crippen LogP contribution < -0.4 is 5.73 Å².